The fourth-order valence-corrected chi connectivity index (χ4v) is 0.574. The van der Waals surface area contributed by atoms with Crippen LogP contribution in [0.4, 0.5) is 0 Å². The molecule has 0 saturated carbocycles. The highest BCUT2D eigenvalue weighted by molar-refractivity contribution is 4.90. The van der Waals surface area contributed by atoms with Crippen molar-refractivity contribution in [3.8, 4) is 0 Å². The van der Waals surface area contributed by atoms with E-state index in [0.29, 0.717) is 12.0 Å². The summed E-state index contributed by atoms with van der Waals surface area (Å²) >= 11 is 0. The Balaban J connectivity index is 2.45. The zero-order chi connectivity index (χ0) is 5.28. The first-order valence-electron chi connectivity index (χ1n) is 2.63. The van der Waals surface area contributed by atoms with Gasteiger partial charge in [-0.2, -0.15) is 0 Å². The van der Waals surface area contributed by atoms with Gasteiger partial charge in [0.15, 0.2) is 0 Å². The Bertz CT molecular complexity index is 86.2. The molecule has 1 nitrogen and oxygen atoms in total. The summed E-state index contributed by atoms with van der Waals surface area (Å²) in [4.78, 5) is 0. The number of hydrogen-bond donors (Lipinski definition) is 0. The van der Waals surface area contributed by atoms with Gasteiger partial charge in [0, 0.05) is 5.92 Å². The summed E-state index contributed by atoms with van der Waals surface area (Å²) in [6, 6.07) is 0. The van der Waals surface area contributed by atoms with E-state index in [4.69, 9.17) is 4.74 Å². The third-order valence-electron chi connectivity index (χ3n) is 1.42. The Morgan fingerprint density at radius 1 is 1.43 bits per heavy atom. The van der Waals surface area contributed by atoms with Gasteiger partial charge >= 0.3 is 0 Å². The lowest BCUT2D eigenvalue weighted by atomic mass is 10.1. The molecule has 1 aliphatic rings. The topological polar surface area (TPSA) is 9.23 Å². The molecule has 1 heteroatoms. The summed E-state index contributed by atoms with van der Waals surface area (Å²) in [6.07, 6.45) is 4.25. The van der Waals surface area contributed by atoms with Crippen LogP contribution in [0.5, 0.6) is 0 Å². The van der Waals surface area contributed by atoms with Crippen LogP contribution in [0.1, 0.15) is 13.8 Å². The zero-order valence-corrected chi connectivity index (χ0v) is 4.72. The lowest BCUT2D eigenvalue weighted by Gasteiger charge is -2.05. The largest absolute Gasteiger partial charge is 0.498 e. The van der Waals surface area contributed by atoms with Gasteiger partial charge in [-0.3, -0.25) is 0 Å². The van der Waals surface area contributed by atoms with Gasteiger partial charge in [0.2, 0.25) is 0 Å². The van der Waals surface area contributed by atoms with E-state index in [2.05, 4.69) is 19.9 Å². The minimum Gasteiger partial charge on any atom is -0.498 e. The van der Waals surface area contributed by atoms with Crippen molar-refractivity contribution in [1.82, 2.24) is 0 Å². The predicted octanol–water partition coefficient (Wildman–Crippen LogP) is 1.55. The molecule has 0 aromatic heterocycles. The van der Waals surface area contributed by atoms with Crippen LogP contribution >= 0.6 is 0 Å². The van der Waals surface area contributed by atoms with Gasteiger partial charge in [0.05, 0.1) is 6.26 Å². The fraction of sp³-hybridized carbons (Fsp3) is 0.667. The monoisotopic (exact) mass is 98.1 g/mol. The van der Waals surface area contributed by atoms with Crippen molar-refractivity contribution in [3.05, 3.63) is 12.3 Å². The molecule has 0 aromatic carbocycles. The molecule has 7 heavy (non-hydrogen) atoms. The number of rotatable bonds is 0. The summed E-state index contributed by atoms with van der Waals surface area (Å²) in [5.74, 6) is 0.611. The van der Waals surface area contributed by atoms with Crippen molar-refractivity contribution < 1.29 is 4.74 Å². The van der Waals surface area contributed by atoms with Crippen molar-refractivity contribution >= 4 is 0 Å². The predicted molar refractivity (Wildman–Crippen MR) is 28.9 cm³/mol. The molecule has 0 N–H and O–H groups in total. The molecule has 1 aliphatic heterocycles. The van der Waals surface area contributed by atoms with Gasteiger partial charge in [-0.05, 0) is 13.0 Å². The lowest BCUT2D eigenvalue weighted by molar-refractivity contribution is 0.159. The molecule has 0 unspecified atom stereocenters. The van der Waals surface area contributed by atoms with E-state index in [-0.39, 0.29) is 0 Å². The normalized spacial score (nSPS) is 38.6. The second-order valence-corrected chi connectivity index (χ2v) is 2.03. The summed E-state index contributed by atoms with van der Waals surface area (Å²) in [5, 5.41) is 0. The summed E-state index contributed by atoms with van der Waals surface area (Å²) < 4.78 is 5.08. The van der Waals surface area contributed by atoms with E-state index in [1.165, 1.54) is 0 Å². The maximum absolute atomic E-state index is 5.08. The first-order valence-corrected chi connectivity index (χ1v) is 2.63. The van der Waals surface area contributed by atoms with E-state index in [1.54, 1.807) is 6.26 Å². The average Bonchev–Trinajstić information content (AvgIpc) is 1.91. The molecule has 0 spiro atoms. The molecule has 0 aliphatic carbocycles. The lowest BCUT2D eigenvalue weighted by Crippen LogP contribution is -2.06. The molecule has 0 bridgehead atoms. The van der Waals surface area contributed by atoms with Crippen LogP contribution < -0.4 is 0 Å². The van der Waals surface area contributed by atoms with E-state index >= 15 is 0 Å². The van der Waals surface area contributed by atoms with Crippen LogP contribution in [0.2, 0.25) is 0 Å². The fourth-order valence-electron chi connectivity index (χ4n) is 0.574. The molecule has 1 heterocycles. The number of ether oxygens (including phenoxy) is 1. The SMILES string of the molecule is C[C@@H]1C=CO[C@@H]1C. The van der Waals surface area contributed by atoms with Gasteiger partial charge in [-0.25, -0.2) is 0 Å². The van der Waals surface area contributed by atoms with Crippen molar-refractivity contribution in [2.45, 2.75) is 20.0 Å². The highest BCUT2D eigenvalue weighted by Gasteiger charge is 2.12. The van der Waals surface area contributed by atoms with Crippen molar-refractivity contribution in [2.24, 2.45) is 5.92 Å². The average molecular weight is 98.1 g/mol. The Hall–Kier alpha value is -0.460. The summed E-state index contributed by atoms with van der Waals surface area (Å²) in [7, 11) is 0. The molecule has 0 aromatic rings. The maximum Gasteiger partial charge on any atom is 0.101 e. The third kappa shape index (κ3) is 0.763. The quantitative estimate of drug-likeness (QED) is 0.446. The molecule has 0 saturated heterocycles. The van der Waals surface area contributed by atoms with Gasteiger partial charge < -0.3 is 4.74 Å². The van der Waals surface area contributed by atoms with Crippen LogP contribution in [0, 0.1) is 5.92 Å². The third-order valence-corrected chi connectivity index (χ3v) is 1.42. The Kier molecular flexibility index (Phi) is 1.05. The van der Waals surface area contributed by atoms with E-state index in [0.717, 1.165) is 0 Å². The second-order valence-electron chi connectivity index (χ2n) is 2.03. The van der Waals surface area contributed by atoms with Crippen molar-refractivity contribution in [3.63, 3.8) is 0 Å². The van der Waals surface area contributed by atoms with Crippen LogP contribution in [-0.2, 0) is 4.74 Å². The molecule has 2 atom stereocenters. The minimum absolute atomic E-state index is 0.403. The van der Waals surface area contributed by atoms with Gasteiger partial charge in [-0.1, -0.05) is 6.92 Å². The Morgan fingerprint density at radius 3 is 2.29 bits per heavy atom. The first kappa shape index (κ1) is 4.69. The van der Waals surface area contributed by atoms with Crippen LogP contribution in [0.25, 0.3) is 0 Å². The molecule has 1 rings (SSSR count). The first-order chi connectivity index (χ1) is 3.30. The maximum atomic E-state index is 5.08. The highest BCUT2D eigenvalue weighted by Crippen LogP contribution is 2.14. The molecular weight excluding hydrogens is 88.1 g/mol. The zero-order valence-electron chi connectivity index (χ0n) is 4.72. The summed E-state index contributed by atoms with van der Waals surface area (Å²) in [5.41, 5.74) is 0. The summed E-state index contributed by atoms with van der Waals surface area (Å²) in [6.45, 7) is 4.22. The van der Waals surface area contributed by atoms with Gasteiger partial charge in [-0.15, -0.1) is 0 Å². The molecule has 40 valence electrons. The van der Waals surface area contributed by atoms with Gasteiger partial charge in [0.1, 0.15) is 6.10 Å². The molecular formula is C6H10O. The standard InChI is InChI=1S/C6H10O/c1-5-3-4-7-6(5)2/h3-6H,1-2H3/t5-,6-/m1/s1. The van der Waals surface area contributed by atoms with Crippen LogP contribution in [0.15, 0.2) is 12.3 Å². The smallest absolute Gasteiger partial charge is 0.101 e. The Morgan fingerprint density at radius 2 is 2.14 bits per heavy atom. The van der Waals surface area contributed by atoms with Gasteiger partial charge in [0.25, 0.3) is 0 Å². The van der Waals surface area contributed by atoms with Crippen LogP contribution in [0.3, 0.4) is 0 Å². The number of hydrogen-bond acceptors (Lipinski definition) is 1. The molecule has 0 amide bonds. The van der Waals surface area contributed by atoms with Crippen LogP contribution in [-0.4, -0.2) is 6.10 Å². The van der Waals surface area contributed by atoms with E-state index in [1.807, 2.05) is 0 Å². The molecule has 0 radical (unpaired) electrons. The highest BCUT2D eigenvalue weighted by atomic mass is 16.5. The van der Waals surface area contributed by atoms with Crippen molar-refractivity contribution in [1.29, 1.82) is 0 Å². The van der Waals surface area contributed by atoms with Crippen molar-refractivity contribution in [2.75, 3.05) is 0 Å². The van der Waals surface area contributed by atoms with E-state index < -0.39 is 0 Å². The Labute approximate surface area is 44.0 Å². The molecule has 0 fully saturated rings. The van der Waals surface area contributed by atoms with E-state index in [9.17, 15) is 0 Å². The minimum atomic E-state index is 0.403. The second kappa shape index (κ2) is 1.57.